The summed E-state index contributed by atoms with van der Waals surface area (Å²) in [6.45, 7) is 2.21. The first-order valence-electron chi connectivity index (χ1n) is 8.50. The van der Waals surface area contributed by atoms with Gasteiger partial charge in [0.15, 0.2) is 0 Å². The number of anilines is 2. The molecular formula is C20H16Cl2N2O4. The van der Waals surface area contributed by atoms with Gasteiger partial charge in [0.25, 0.3) is 11.8 Å². The average molecular weight is 419 g/mol. The molecular weight excluding hydrogens is 403 g/mol. The first kappa shape index (κ1) is 19.9. The minimum Gasteiger partial charge on any atom is -0.462 e. The number of nitrogens with one attached hydrogen (secondary N) is 1. The van der Waals surface area contributed by atoms with Crippen LogP contribution < -0.4 is 10.2 Å². The van der Waals surface area contributed by atoms with E-state index in [4.69, 9.17) is 27.9 Å². The van der Waals surface area contributed by atoms with E-state index in [0.29, 0.717) is 35.0 Å². The van der Waals surface area contributed by atoms with E-state index in [9.17, 15) is 14.4 Å². The van der Waals surface area contributed by atoms with E-state index in [1.165, 1.54) is 6.07 Å². The summed E-state index contributed by atoms with van der Waals surface area (Å²) < 4.78 is 5.10. The highest BCUT2D eigenvalue weighted by atomic mass is 35.5. The second-order valence-corrected chi connectivity index (χ2v) is 6.77. The minimum absolute atomic E-state index is 0.0688. The van der Waals surface area contributed by atoms with E-state index in [1.807, 2.05) is 6.92 Å². The summed E-state index contributed by atoms with van der Waals surface area (Å²) >= 11 is 12.0. The van der Waals surface area contributed by atoms with Gasteiger partial charge in [-0.3, -0.25) is 9.59 Å². The number of ether oxygens (including phenoxy) is 1. The number of carbonyl (C=O) groups is 3. The SMILES string of the molecule is CCCOC(=O)c1cccc(NC2=C(Cl)C(=O)N(c3ccc(Cl)cc3)C2=O)c1. The van der Waals surface area contributed by atoms with E-state index in [1.54, 1.807) is 42.5 Å². The quantitative estimate of drug-likeness (QED) is 0.557. The molecule has 28 heavy (non-hydrogen) atoms. The topological polar surface area (TPSA) is 75.7 Å². The van der Waals surface area contributed by atoms with Gasteiger partial charge in [-0.25, -0.2) is 9.69 Å². The smallest absolute Gasteiger partial charge is 0.338 e. The van der Waals surface area contributed by atoms with Crippen molar-refractivity contribution in [2.75, 3.05) is 16.8 Å². The summed E-state index contributed by atoms with van der Waals surface area (Å²) in [5, 5.41) is 3.08. The number of imide groups is 1. The van der Waals surface area contributed by atoms with Gasteiger partial charge in [-0.05, 0) is 48.9 Å². The number of carbonyl (C=O) groups excluding carboxylic acids is 3. The summed E-state index contributed by atoms with van der Waals surface area (Å²) in [5.74, 6) is -1.71. The molecule has 0 spiro atoms. The molecule has 0 aromatic heterocycles. The second kappa shape index (κ2) is 8.46. The van der Waals surface area contributed by atoms with Gasteiger partial charge < -0.3 is 10.1 Å². The number of benzene rings is 2. The molecule has 1 aliphatic heterocycles. The molecule has 0 bridgehead atoms. The van der Waals surface area contributed by atoms with E-state index in [2.05, 4.69) is 5.32 Å². The molecule has 0 fully saturated rings. The zero-order valence-electron chi connectivity index (χ0n) is 14.9. The molecule has 1 heterocycles. The van der Waals surface area contributed by atoms with Gasteiger partial charge in [0, 0.05) is 10.7 Å². The van der Waals surface area contributed by atoms with Crippen molar-refractivity contribution < 1.29 is 19.1 Å². The van der Waals surface area contributed by atoms with Crippen LogP contribution >= 0.6 is 23.2 Å². The Morgan fingerprint density at radius 1 is 1.07 bits per heavy atom. The minimum atomic E-state index is -0.644. The van der Waals surface area contributed by atoms with E-state index >= 15 is 0 Å². The summed E-state index contributed by atoms with van der Waals surface area (Å²) in [7, 11) is 0. The van der Waals surface area contributed by atoms with Gasteiger partial charge in [0.05, 0.1) is 17.9 Å². The van der Waals surface area contributed by atoms with Crippen LogP contribution in [0.25, 0.3) is 0 Å². The van der Waals surface area contributed by atoms with Gasteiger partial charge in [-0.15, -0.1) is 0 Å². The zero-order valence-corrected chi connectivity index (χ0v) is 16.4. The van der Waals surface area contributed by atoms with Crippen molar-refractivity contribution in [2.45, 2.75) is 13.3 Å². The maximum atomic E-state index is 12.8. The van der Waals surface area contributed by atoms with Crippen LogP contribution in [-0.4, -0.2) is 24.4 Å². The Morgan fingerprint density at radius 2 is 1.79 bits per heavy atom. The van der Waals surface area contributed by atoms with Crippen molar-refractivity contribution >= 4 is 52.4 Å². The van der Waals surface area contributed by atoms with Crippen LogP contribution in [0, 0.1) is 0 Å². The molecule has 144 valence electrons. The molecule has 2 aromatic carbocycles. The molecule has 3 rings (SSSR count). The normalized spacial score (nSPS) is 13.9. The standard InChI is InChI=1S/C20H16Cl2N2O4/c1-2-10-28-20(27)12-4-3-5-14(11-12)23-17-16(22)18(25)24(19(17)26)15-8-6-13(21)7-9-15/h3-9,11,23H,2,10H2,1H3. The second-order valence-electron chi connectivity index (χ2n) is 5.95. The first-order chi connectivity index (χ1) is 13.4. The molecule has 8 heteroatoms. The summed E-state index contributed by atoms with van der Waals surface area (Å²) in [6.07, 6.45) is 0.712. The van der Waals surface area contributed by atoms with Crippen LogP contribution in [0.2, 0.25) is 5.02 Å². The van der Waals surface area contributed by atoms with E-state index < -0.39 is 17.8 Å². The van der Waals surface area contributed by atoms with Gasteiger partial charge in [0.1, 0.15) is 10.7 Å². The Hall–Kier alpha value is -2.83. The molecule has 2 amide bonds. The maximum absolute atomic E-state index is 12.8. The Bertz CT molecular complexity index is 970. The molecule has 1 N–H and O–H groups in total. The van der Waals surface area contributed by atoms with Crippen LogP contribution in [0.1, 0.15) is 23.7 Å². The number of nitrogens with zero attached hydrogens (tertiary/aromatic N) is 1. The fraction of sp³-hybridized carbons (Fsp3) is 0.150. The van der Waals surface area contributed by atoms with Crippen molar-refractivity contribution in [3.05, 3.63) is 69.8 Å². The van der Waals surface area contributed by atoms with Crippen molar-refractivity contribution in [1.29, 1.82) is 0 Å². The number of rotatable bonds is 6. The molecule has 2 aromatic rings. The third-order valence-corrected chi connectivity index (χ3v) is 4.52. The molecule has 0 atom stereocenters. The highest BCUT2D eigenvalue weighted by Crippen LogP contribution is 2.30. The number of hydrogen-bond donors (Lipinski definition) is 1. The molecule has 6 nitrogen and oxygen atoms in total. The van der Waals surface area contributed by atoms with Crippen LogP contribution in [0.4, 0.5) is 11.4 Å². The van der Waals surface area contributed by atoms with Crippen LogP contribution in [0.15, 0.2) is 59.3 Å². The highest BCUT2D eigenvalue weighted by molar-refractivity contribution is 6.53. The lowest BCUT2D eigenvalue weighted by atomic mass is 10.2. The largest absolute Gasteiger partial charge is 0.462 e. The zero-order chi connectivity index (χ0) is 20.3. The summed E-state index contributed by atoms with van der Waals surface area (Å²) in [4.78, 5) is 38.2. The van der Waals surface area contributed by atoms with E-state index in [-0.39, 0.29) is 10.7 Å². The van der Waals surface area contributed by atoms with Gasteiger partial charge >= 0.3 is 5.97 Å². The molecule has 0 unspecified atom stereocenters. The average Bonchev–Trinajstić information content (AvgIpc) is 2.90. The lowest BCUT2D eigenvalue weighted by Crippen LogP contribution is -2.32. The number of amides is 2. The lowest BCUT2D eigenvalue weighted by molar-refractivity contribution is -0.120. The van der Waals surface area contributed by atoms with Gasteiger partial charge in [-0.1, -0.05) is 36.2 Å². The van der Waals surface area contributed by atoms with Crippen molar-refractivity contribution in [2.24, 2.45) is 0 Å². The molecule has 0 saturated heterocycles. The Morgan fingerprint density at radius 3 is 2.46 bits per heavy atom. The number of esters is 1. The Kier molecular flexibility index (Phi) is 6.02. The maximum Gasteiger partial charge on any atom is 0.338 e. The van der Waals surface area contributed by atoms with Gasteiger partial charge in [-0.2, -0.15) is 0 Å². The van der Waals surface area contributed by atoms with Crippen molar-refractivity contribution in [3.8, 4) is 0 Å². The Labute approximate surface area is 171 Å². The first-order valence-corrected chi connectivity index (χ1v) is 9.26. The fourth-order valence-corrected chi connectivity index (χ4v) is 2.92. The van der Waals surface area contributed by atoms with Gasteiger partial charge in [0.2, 0.25) is 0 Å². The lowest BCUT2D eigenvalue weighted by Gasteiger charge is -2.15. The predicted octanol–water partition coefficient (Wildman–Crippen LogP) is 4.34. The van der Waals surface area contributed by atoms with Crippen LogP contribution in [0.3, 0.4) is 0 Å². The summed E-state index contributed by atoms with van der Waals surface area (Å²) in [6, 6.07) is 12.7. The monoisotopic (exact) mass is 418 g/mol. The fourth-order valence-electron chi connectivity index (χ4n) is 2.58. The molecule has 0 radical (unpaired) electrons. The van der Waals surface area contributed by atoms with Crippen molar-refractivity contribution in [3.63, 3.8) is 0 Å². The predicted molar refractivity (Wildman–Crippen MR) is 107 cm³/mol. The third-order valence-electron chi connectivity index (χ3n) is 3.92. The summed E-state index contributed by atoms with van der Waals surface area (Å²) in [5.41, 5.74) is 1.03. The molecule has 0 saturated carbocycles. The molecule has 0 aliphatic carbocycles. The molecule has 1 aliphatic rings. The highest BCUT2D eigenvalue weighted by Gasteiger charge is 2.38. The van der Waals surface area contributed by atoms with Crippen LogP contribution in [0.5, 0.6) is 0 Å². The third kappa shape index (κ3) is 4.03. The van der Waals surface area contributed by atoms with E-state index in [0.717, 1.165) is 4.90 Å². The Balaban J connectivity index is 1.82. The van der Waals surface area contributed by atoms with Crippen molar-refractivity contribution in [1.82, 2.24) is 0 Å². The number of halogens is 2. The van der Waals surface area contributed by atoms with Crippen LogP contribution in [-0.2, 0) is 14.3 Å². The number of hydrogen-bond acceptors (Lipinski definition) is 5.